The van der Waals surface area contributed by atoms with Crippen LogP contribution in [-0.2, 0) is 13.1 Å². The molecule has 8 heteroatoms. The lowest BCUT2D eigenvalue weighted by Gasteiger charge is -2.33. The van der Waals surface area contributed by atoms with E-state index in [9.17, 15) is 4.39 Å². The minimum absolute atomic E-state index is 0. The fraction of sp³-hybridized carbons (Fsp3) is 0.308. The van der Waals surface area contributed by atoms with E-state index in [-0.39, 0.29) is 29.8 Å². The number of guanidine groups is 1. The number of aliphatic imine (C=N–C) groups is 1. The highest BCUT2D eigenvalue weighted by Crippen LogP contribution is 2.19. The van der Waals surface area contributed by atoms with Gasteiger partial charge in [-0.2, -0.15) is 0 Å². The number of piperidine rings is 1. The van der Waals surface area contributed by atoms with Crippen molar-refractivity contribution in [3.63, 3.8) is 0 Å². The molecule has 1 fully saturated rings. The van der Waals surface area contributed by atoms with Crippen LogP contribution >= 0.6 is 24.0 Å². The SMILES string of the molecule is CN=C(NCc1ccc(Oc2ccc(F)cc2)nc1)NC1CCN(Cc2ccccc2)CC1.I. The van der Waals surface area contributed by atoms with E-state index < -0.39 is 0 Å². The Bertz CT molecular complexity index is 1020. The molecule has 2 aromatic carbocycles. The minimum Gasteiger partial charge on any atom is -0.439 e. The maximum absolute atomic E-state index is 13.0. The van der Waals surface area contributed by atoms with E-state index in [0.29, 0.717) is 24.2 Å². The Morgan fingerprint density at radius 1 is 1.03 bits per heavy atom. The smallest absolute Gasteiger partial charge is 0.219 e. The van der Waals surface area contributed by atoms with Gasteiger partial charge in [-0.05, 0) is 48.2 Å². The molecule has 0 unspecified atom stereocenters. The van der Waals surface area contributed by atoms with Crippen LogP contribution in [0.1, 0.15) is 24.0 Å². The molecule has 0 bridgehead atoms. The van der Waals surface area contributed by atoms with Crippen LogP contribution in [0.4, 0.5) is 4.39 Å². The van der Waals surface area contributed by atoms with Gasteiger partial charge in [0.05, 0.1) is 0 Å². The number of hydrogen-bond acceptors (Lipinski definition) is 4. The van der Waals surface area contributed by atoms with Gasteiger partial charge in [-0.15, -0.1) is 24.0 Å². The molecule has 0 spiro atoms. The van der Waals surface area contributed by atoms with Crippen molar-refractivity contribution < 1.29 is 9.13 Å². The predicted molar refractivity (Wildman–Crippen MR) is 144 cm³/mol. The van der Waals surface area contributed by atoms with Crippen LogP contribution in [0.15, 0.2) is 77.9 Å². The second-order valence-electron chi connectivity index (χ2n) is 8.17. The zero-order valence-corrected chi connectivity index (χ0v) is 21.6. The highest BCUT2D eigenvalue weighted by Gasteiger charge is 2.20. The third-order valence-corrected chi connectivity index (χ3v) is 5.69. The molecule has 2 heterocycles. The number of hydrogen-bond donors (Lipinski definition) is 2. The van der Waals surface area contributed by atoms with Crippen LogP contribution in [0, 0.1) is 5.82 Å². The molecule has 1 aliphatic heterocycles. The van der Waals surface area contributed by atoms with E-state index in [2.05, 4.69) is 55.8 Å². The summed E-state index contributed by atoms with van der Waals surface area (Å²) in [6, 6.07) is 20.7. The lowest BCUT2D eigenvalue weighted by atomic mass is 10.0. The van der Waals surface area contributed by atoms with Crippen LogP contribution < -0.4 is 15.4 Å². The Labute approximate surface area is 217 Å². The summed E-state index contributed by atoms with van der Waals surface area (Å²) >= 11 is 0. The Kier molecular flexibility index (Phi) is 10.1. The number of ether oxygens (including phenoxy) is 1. The molecule has 1 aliphatic rings. The quantitative estimate of drug-likeness (QED) is 0.237. The molecular weight excluding hydrogens is 544 g/mol. The molecule has 4 rings (SSSR count). The van der Waals surface area contributed by atoms with E-state index in [4.69, 9.17) is 4.74 Å². The van der Waals surface area contributed by atoms with Crippen molar-refractivity contribution in [3.05, 3.63) is 89.9 Å². The number of nitrogens with zero attached hydrogens (tertiary/aromatic N) is 3. The Morgan fingerprint density at radius 2 is 1.76 bits per heavy atom. The first kappa shape index (κ1) is 25.9. The third-order valence-electron chi connectivity index (χ3n) is 5.69. The molecule has 1 aromatic heterocycles. The van der Waals surface area contributed by atoms with Crippen molar-refractivity contribution in [2.45, 2.75) is 32.0 Å². The average molecular weight is 575 g/mol. The summed E-state index contributed by atoms with van der Waals surface area (Å²) in [6.45, 7) is 3.76. The number of rotatable bonds is 7. The Balaban J connectivity index is 0.00000324. The predicted octanol–water partition coefficient (Wildman–Crippen LogP) is 4.96. The van der Waals surface area contributed by atoms with Gasteiger partial charge in [-0.3, -0.25) is 9.89 Å². The van der Waals surface area contributed by atoms with Gasteiger partial charge in [-0.25, -0.2) is 9.37 Å². The van der Waals surface area contributed by atoms with Crippen molar-refractivity contribution in [2.24, 2.45) is 4.99 Å². The van der Waals surface area contributed by atoms with Crippen molar-refractivity contribution in [2.75, 3.05) is 20.1 Å². The molecule has 0 amide bonds. The van der Waals surface area contributed by atoms with E-state index in [1.807, 2.05) is 6.07 Å². The molecule has 0 atom stereocenters. The fourth-order valence-corrected chi connectivity index (χ4v) is 3.85. The lowest BCUT2D eigenvalue weighted by molar-refractivity contribution is 0.198. The Morgan fingerprint density at radius 3 is 2.41 bits per heavy atom. The van der Waals surface area contributed by atoms with Gasteiger partial charge in [-0.1, -0.05) is 36.4 Å². The molecule has 180 valence electrons. The molecule has 0 aliphatic carbocycles. The number of halogens is 2. The van der Waals surface area contributed by atoms with Gasteiger partial charge in [0, 0.05) is 51.5 Å². The van der Waals surface area contributed by atoms with E-state index in [0.717, 1.165) is 44.0 Å². The van der Waals surface area contributed by atoms with Crippen molar-refractivity contribution in [1.82, 2.24) is 20.5 Å². The summed E-state index contributed by atoms with van der Waals surface area (Å²) in [5, 5.41) is 6.91. The van der Waals surface area contributed by atoms with Gasteiger partial charge < -0.3 is 15.4 Å². The van der Waals surface area contributed by atoms with Gasteiger partial charge >= 0.3 is 0 Å². The molecular formula is C26H31FIN5O. The number of likely N-dealkylation sites (tertiary alicyclic amines) is 1. The first-order valence-electron chi connectivity index (χ1n) is 11.3. The average Bonchev–Trinajstić information content (AvgIpc) is 2.86. The topological polar surface area (TPSA) is 61.8 Å². The molecule has 1 saturated heterocycles. The monoisotopic (exact) mass is 575 g/mol. The van der Waals surface area contributed by atoms with Crippen LogP contribution in [0.25, 0.3) is 0 Å². The largest absolute Gasteiger partial charge is 0.439 e. The highest BCUT2D eigenvalue weighted by atomic mass is 127. The summed E-state index contributed by atoms with van der Waals surface area (Å²) in [5.41, 5.74) is 2.38. The van der Waals surface area contributed by atoms with Crippen LogP contribution in [-0.4, -0.2) is 42.0 Å². The third kappa shape index (κ3) is 7.95. The molecule has 2 N–H and O–H groups in total. The number of benzene rings is 2. The molecule has 6 nitrogen and oxygen atoms in total. The van der Waals surface area contributed by atoms with E-state index >= 15 is 0 Å². The molecule has 3 aromatic rings. The molecule has 0 saturated carbocycles. The zero-order valence-electron chi connectivity index (χ0n) is 19.3. The fourth-order valence-electron chi connectivity index (χ4n) is 3.85. The van der Waals surface area contributed by atoms with Gasteiger partial charge in [0.2, 0.25) is 5.88 Å². The summed E-state index contributed by atoms with van der Waals surface area (Å²) < 4.78 is 18.7. The second-order valence-corrected chi connectivity index (χ2v) is 8.17. The number of pyridine rings is 1. The molecule has 34 heavy (non-hydrogen) atoms. The summed E-state index contributed by atoms with van der Waals surface area (Å²) in [5.74, 6) is 1.52. The standard InChI is InChI=1S/C26H30FN5O.HI/c1-28-26(31-23-13-15-32(16-14-23)19-20-5-3-2-4-6-20)30-18-21-7-12-25(29-17-21)33-24-10-8-22(27)9-11-24;/h2-12,17,23H,13-16,18-19H2,1H3,(H2,28,30,31);1H. The van der Waals surface area contributed by atoms with Gasteiger partial charge in [0.25, 0.3) is 0 Å². The van der Waals surface area contributed by atoms with Crippen LogP contribution in [0.5, 0.6) is 11.6 Å². The second kappa shape index (κ2) is 13.2. The summed E-state index contributed by atoms with van der Waals surface area (Å²) in [7, 11) is 1.79. The minimum atomic E-state index is -0.295. The van der Waals surface area contributed by atoms with E-state index in [1.54, 1.807) is 31.4 Å². The van der Waals surface area contributed by atoms with Crippen LogP contribution in [0.3, 0.4) is 0 Å². The zero-order chi connectivity index (χ0) is 22.9. The summed E-state index contributed by atoms with van der Waals surface area (Å²) in [4.78, 5) is 11.2. The van der Waals surface area contributed by atoms with Crippen molar-refractivity contribution >= 4 is 29.9 Å². The van der Waals surface area contributed by atoms with Crippen molar-refractivity contribution in [3.8, 4) is 11.6 Å². The summed E-state index contributed by atoms with van der Waals surface area (Å²) in [6.07, 6.45) is 3.94. The Hall–Kier alpha value is -2.72. The maximum Gasteiger partial charge on any atom is 0.219 e. The first-order valence-corrected chi connectivity index (χ1v) is 11.3. The normalized spacial score (nSPS) is 14.8. The van der Waals surface area contributed by atoms with E-state index in [1.165, 1.54) is 17.7 Å². The molecule has 0 radical (unpaired) electrons. The van der Waals surface area contributed by atoms with Gasteiger partial charge in [0.15, 0.2) is 5.96 Å². The lowest BCUT2D eigenvalue weighted by Crippen LogP contribution is -2.48. The van der Waals surface area contributed by atoms with Gasteiger partial charge in [0.1, 0.15) is 11.6 Å². The maximum atomic E-state index is 13.0. The number of nitrogens with one attached hydrogen (secondary N) is 2. The highest BCUT2D eigenvalue weighted by molar-refractivity contribution is 14.0. The first-order chi connectivity index (χ1) is 16.2. The van der Waals surface area contributed by atoms with Crippen LogP contribution in [0.2, 0.25) is 0 Å². The van der Waals surface area contributed by atoms with Crippen molar-refractivity contribution in [1.29, 1.82) is 0 Å². The number of aromatic nitrogens is 1.